The Morgan fingerprint density at radius 2 is 1.83 bits per heavy atom. The quantitative estimate of drug-likeness (QED) is 0.484. The molecule has 0 aromatic heterocycles. The van der Waals surface area contributed by atoms with Crippen LogP contribution in [0.15, 0.2) is 12.1 Å². The minimum Gasteiger partial charge on any atom is -0.493 e. The van der Waals surface area contributed by atoms with E-state index in [0.29, 0.717) is 6.42 Å². The Labute approximate surface area is 138 Å². The first kappa shape index (κ1) is 19.1. The molecule has 9 nitrogen and oxygen atoms in total. The molecule has 2 amide bonds. The number of benzene rings is 1. The molecule has 3 N–H and O–H groups in total. The van der Waals surface area contributed by atoms with E-state index in [9.17, 15) is 14.4 Å². The van der Waals surface area contributed by atoms with Crippen LogP contribution in [0.5, 0.6) is 11.5 Å². The molecule has 0 fully saturated rings. The van der Waals surface area contributed by atoms with Crippen LogP contribution >= 0.6 is 0 Å². The first-order valence-corrected chi connectivity index (χ1v) is 7.03. The van der Waals surface area contributed by atoms with Gasteiger partial charge < -0.3 is 30.0 Å². The van der Waals surface area contributed by atoms with Gasteiger partial charge in [-0.25, -0.2) is 9.59 Å². The second-order valence-electron chi connectivity index (χ2n) is 4.63. The molecule has 0 spiro atoms. The number of hydrogen-bond donors (Lipinski definition) is 3. The van der Waals surface area contributed by atoms with Crippen LogP contribution in [0, 0.1) is 0 Å². The summed E-state index contributed by atoms with van der Waals surface area (Å²) < 4.78 is 15.0. The van der Waals surface area contributed by atoms with Crippen molar-refractivity contribution in [3.05, 3.63) is 17.7 Å². The van der Waals surface area contributed by atoms with E-state index >= 15 is 0 Å². The molecule has 0 atom stereocenters. The van der Waals surface area contributed by atoms with Crippen molar-refractivity contribution in [3.8, 4) is 11.5 Å². The number of methoxy groups -OCH3 is 3. The van der Waals surface area contributed by atoms with Crippen molar-refractivity contribution < 1.29 is 33.7 Å². The van der Waals surface area contributed by atoms with E-state index in [1.165, 1.54) is 33.5 Å². The predicted molar refractivity (Wildman–Crippen MR) is 84.8 cm³/mol. The summed E-state index contributed by atoms with van der Waals surface area (Å²) in [4.78, 5) is 34.0. The highest BCUT2D eigenvalue weighted by atomic mass is 16.5. The van der Waals surface area contributed by atoms with E-state index in [0.717, 1.165) is 0 Å². The molecular formula is C15H20N2O7. The fraction of sp³-hybridized carbons (Fsp3) is 0.400. The standard InChI is InChI=1S/C15H20N2O7/c1-22-11-8-9(14(20)24-3)7-10(13(11)23-2)17-15(21)16-6-4-5-12(18)19/h7-8H,4-6H2,1-3H3,(H,18,19)(H2,16,17,21). The zero-order valence-electron chi connectivity index (χ0n) is 13.7. The van der Waals surface area contributed by atoms with Gasteiger partial charge in [-0.2, -0.15) is 0 Å². The number of ether oxygens (including phenoxy) is 3. The Morgan fingerprint density at radius 1 is 1.12 bits per heavy atom. The minimum absolute atomic E-state index is 0.0464. The second kappa shape index (κ2) is 9.23. The zero-order valence-corrected chi connectivity index (χ0v) is 13.7. The average Bonchev–Trinajstić information content (AvgIpc) is 2.56. The largest absolute Gasteiger partial charge is 0.493 e. The SMILES string of the molecule is COC(=O)c1cc(NC(=O)NCCCC(=O)O)c(OC)c(OC)c1. The fourth-order valence-corrected chi connectivity index (χ4v) is 1.90. The molecule has 0 heterocycles. The summed E-state index contributed by atoms with van der Waals surface area (Å²) >= 11 is 0. The molecule has 0 aliphatic rings. The van der Waals surface area contributed by atoms with Crippen LogP contribution in [0.25, 0.3) is 0 Å². The van der Waals surface area contributed by atoms with Crippen LogP contribution in [0.2, 0.25) is 0 Å². The molecule has 1 rings (SSSR count). The highest BCUT2D eigenvalue weighted by molar-refractivity contribution is 5.96. The molecule has 1 aromatic rings. The minimum atomic E-state index is -0.936. The van der Waals surface area contributed by atoms with Crippen molar-refractivity contribution in [1.29, 1.82) is 0 Å². The normalized spacial score (nSPS) is 9.79. The van der Waals surface area contributed by atoms with E-state index < -0.39 is 18.0 Å². The third-order valence-corrected chi connectivity index (χ3v) is 3.00. The number of rotatable bonds is 8. The van der Waals surface area contributed by atoms with Gasteiger partial charge in [-0.1, -0.05) is 0 Å². The number of nitrogens with one attached hydrogen (secondary N) is 2. The van der Waals surface area contributed by atoms with Gasteiger partial charge in [0.15, 0.2) is 11.5 Å². The van der Waals surface area contributed by atoms with Gasteiger partial charge in [-0.3, -0.25) is 4.79 Å². The Bertz CT molecular complexity index is 616. The smallest absolute Gasteiger partial charge is 0.338 e. The topological polar surface area (TPSA) is 123 Å². The summed E-state index contributed by atoms with van der Waals surface area (Å²) in [6, 6.07) is 2.26. The zero-order chi connectivity index (χ0) is 18.1. The third kappa shape index (κ3) is 5.34. The Kier molecular flexibility index (Phi) is 7.34. The monoisotopic (exact) mass is 340 g/mol. The molecule has 132 valence electrons. The summed E-state index contributed by atoms with van der Waals surface area (Å²) in [7, 11) is 4.03. The molecule has 9 heteroatoms. The number of carboxylic acid groups (broad SMARTS) is 1. The maximum Gasteiger partial charge on any atom is 0.338 e. The van der Waals surface area contributed by atoms with Crippen molar-refractivity contribution in [1.82, 2.24) is 5.32 Å². The van der Waals surface area contributed by atoms with Crippen molar-refractivity contribution in [2.75, 3.05) is 33.2 Å². The van der Waals surface area contributed by atoms with Crippen LogP contribution in [-0.4, -0.2) is 51.0 Å². The lowest BCUT2D eigenvalue weighted by Crippen LogP contribution is -2.30. The van der Waals surface area contributed by atoms with E-state index in [-0.39, 0.29) is 35.7 Å². The molecule has 0 saturated carbocycles. The molecule has 0 radical (unpaired) electrons. The van der Waals surface area contributed by atoms with Gasteiger partial charge in [0.25, 0.3) is 0 Å². The first-order chi connectivity index (χ1) is 11.4. The Hall–Kier alpha value is -2.97. The van der Waals surface area contributed by atoms with Gasteiger partial charge in [-0.05, 0) is 18.6 Å². The first-order valence-electron chi connectivity index (χ1n) is 7.03. The number of anilines is 1. The van der Waals surface area contributed by atoms with Crippen molar-refractivity contribution >= 4 is 23.7 Å². The molecule has 1 aromatic carbocycles. The highest BCUT2D eigenvalue weighted by Crippen LogP contribution is 2.36. The van der Waals surface area contributed by atoms with Gasteiger partial charge in [0, 0.05) is 13.0 Å². The average molecular weight is 340 g/mol. The third-order valence-electron chi connectivity index (χ3n) is 3.00. The molecule has 24 heavy (non-hydrogen) atoms. The van der Waals surface area contributed by atoms with Crippen LogP contribution in [0.3, 0.4) is 0 Å². The summed E-state index contributed by atoms with van der Waals surface area (Å²) in [6.45, 7) is 0.189. The van der Waals surface area contributed by atoms with Gasteiger partial charge in [0.05, 0.1) is 32.6 Å². The molecule has 0 aliphatic heterocycles. The lowest BCUT2D eigenvalue weighted by molar-refractivity contribution is -0.137. The van der Waals surface area contributed by atoms with Gasteiger partial charge >= 0.3 is 18.0 Å². The second-order valence-corrected chi connectivity index (χ2v) is 4.63. The van der Waals surface area contributed by atoms with E-state index in [1.54, 1.807) is 0 Å². The molecule has 0 unspecified atom stereocenters. The van der Waals surface area contributed by atoms with Crippen molar-refractivity contribution in [2.45, 2.75) is 12.8 Å². The maximum absolute atomic E-state index is 11.9. The van der Waals surface area contributed by atoms with E-state index in [2.05, 4.69) is 15.4 Å². The number of amides is 2. The predicted octanol–water partition coefficient (Wildman–Crippen LogP) is 1.48. The number of aliphatic carboxylic acids is 1. The van der Waals surface area contributed by atoms with Gasteiger partial charge in [-0.15, -0.1) is 0 Å². The molecular weight excluding hydrogens is 320 g/mol. The van der Waals surface area contributed by atoms with E-state index in [4.69, 9.17) is 14.6 Å². The summed E-state index contributed by atoms with van der Waals surface area (Å²) in [5.41, 5.74) is 0.393. The Balaban J connectivity index is 2.89. The lowest BCUT2D eigenvalue weighted by atomic mass is 10.1. The number of hydrogen-bond acceptors (Lipinski definition) is 6. The van der Waals surface area contributed by atoms with Crippen LogP contribution in [-0.2, 0) is 9.53 Å². The lowest BCUT2D eigenvalue weighted by Gasteiger charge is -2.15. The van der Waals surface area contributed by atoms with Crippen molar-refractivity contribution in [2.24, 2.45) is 0 Å². The number of carbonyl (C=O) groups is 3. The highest BCUT2D eigenvalue weighted by Gasteiger charge is 2.18. The van der Waals surface area contributed by atoms with E-state index in [1.807, 2.05) is 0 Å². The fourth-order valence-electron chi connectivity index (χ4n) is 1.90. The Morgan fingerprint density at radius 3 is 2.38 bits per heavy atom. The summed E-state index contributed by atoms with van der Waals surface area (Å²) in [5, 5.41) is 13.6. The molecule has 0 saturated heterocycles. The molecule has 0 aliphatic carbocycles. The van der Waals surface area contributed by atoms with Crippen LogP contribution < -0.4 is 20.1 Å². The van der Waals surface area contributed by atoms with Crippen molar-refractivity contribution in [3.63, 3.8) is 0 Å². The van der Waals surface area contributed by atoms with Gasteiger partial charge in [0.1, 0.15) is 0 Å². The van der Waals surface area contributed by atoms with Gasteiger partial charge in [0.2, 0.25) is 0 Å². The number of urea groups is 1. The summed E-state index contributed by atoms with van der Waals surface area (Å²) in [6.07, 6.45) is 0.251. The number of esters is 1. The van der Waals surface area contributed by atoms with Crippen LogP contribution in [0.1, 0.15) is 23.2 Å². The number of carboxylic acids is 1. The van der Waals surface area contributed by atoms with Crippen LogP contribution in [0.4, 0.5) is 10.5 Å². The molecule has 0 bridgehead atoms. The number of carbonyl (C=O) groups excluding carboxylic acids is 2. The maximum atomic E-state index is 11.9. The summed E-state index contributed by atoms with van der Waals surface area (Å²) in [5.74, 6) is -1.04.